The first-order valence-electron chi connectivity index (χ1n) is 9.43. The smallest absolute Gasteiger partial charge is 0.338 e. The molecule has 2 aromatic rings. The lowest BCUT2D eigenvalue weighted by molar-refractivity contribution is -0.130. The van der Waals surface area contributed by atoms with Gasteiger partial charge >= 0.3 is 5.97 Å². The molecule has 1 aliphatic carbocycles. The summed E-state index contributed by atoms with van der Waals surface area (Å²) in [5.74, 6) is -0.0289. The number of hydrogen-bond donors (Lipinski definition) is 0. The summed E-state index contributed by atoms with van der Waals surface area (Å²) in [7, 11) is 1.70. The molecule has 0 radical (unpaired) electrons. The fourth-order valence-corrected chi connectivity index (χ4v) is 3.15. The Morgan fingerprint density at radius 2 is 1.72 bits per heavy atom. The van der Waals surface area contributed by atoms with Gasteiger partial charge in [-0.3, -0.25) is 4.79 Å². The van der Waals surface area contributed by atoms with E-state index < -0.39 is 5.97 Å². The number of methoxy groups -OCH3 is 1. The molecule has 1 aliphatic rings. The molecule has 0 aliphatic heterocycles. The monoisotopic (exact) mass is 388 g/mol. The molecule has 29 heavy (non-hydrogen) atoms. The molecule has 0 spiro atoms. The fourth-order valence-electron chi connectivity index (χ4n) is 3.15. The quantitative estimate of drug-likeness (QED) is 0.288. The predicted molar refractivity (Wildman–Crippen MR) is 115 cm³/mol. The van der Waals surface area contributed by atoms with Crippen molar-refractivity contribution in [2.45, 2.75) is 26.4 Å². The lowest BCUT2D eigenvalue weighted by atomic mass is 9.91. The van der Waals surface area contributed by atoms with Crippen LogP contribution in [0.15, 0.2) is 72.8 Å². The number of carbonyl (C=O) groups excluding carboxylic acids is 2. The number of benzene rings is 2. The highest BCUT2D eigenvalue weighted by Gasteiger charge is 2.14. The van der Waals surface area contributed by atoms with Gasteiger partial charge in [-0.15, -0.1) is 0 Å². The van der Waals surface area contributed by atoms with E-state index in [1.165, 1.54) is 0 Å². The molecule has 0 heterocycles. The summed E-state index contributed by atoms with van der Waals surface area (Å²) in [6, 6.07) is 13.0. The molecule has 1 unspecified atom stereocenters. The second-order valence-corrected chi connectivity index (χ2v) is 7.04. The third-order valence-corrected chi connectivity index (χ3v) is 4.82. The maximum atomic E-state index is 12.3. The lowest BCUT2D eigenvalue weighted by Crippen LogP contribution is -2.08. The average Bonchev–Trinajstić information content (AvgIpc) is 2.74. The van der Waals surface area contributed by atoms with Crippen LogP contribution in [0.2, 0.25) is 0 Å². The molecule has 2 aromatic carbocycles. The maximum absolute atomic E-state index is 12.3. The van der Waals surface area contributed by atoms with Gasteiger partial charge in [-0.1, -0.05) is 49.1 Å². The van der Waals surface area contributed by atoms with Crippen molar-refractivity contribution in [1.82, 2.24) is 0 Å². The van der Waals surface area contributed by atoms with Crippen LogP contribution in [0.3, 0.4) is 0 Å². The molecule has 0 saturated heterocycles. The average molecular weight is 388 g/mol. The van der Waals surface area contributed by atoms with E-state index in [4.69, 9.17) is 9.47 Å². The summed E-state index contributed by atoms with van der Waals surface area (Å²) < 4.78 is 10.6. The normalized spacial score (nSPS) is 15.6. The van der Waals surface area contributed by atoms with Gasteiger partial charge in [0.1, 0.15) is 5.75 Å². The van der Waals surface area contributed by atoms with Gasteiger partial charge in [0.25, 0.3) is 0 Å². The minimum Gasteiger partial charge on any atom is -0.423 e. The molecular weight excluding hydrogens is 364 g/mol. The molecule has 0 amide bonds. The summed E-state index contributed by atoms with van der Waals surface area (Å²) in [5, 5.41) is 0. The summed E-state index contributed by atoms with van der Waals surface area (Å²) in [6.45, 7) is 6.74. The Hall–Kier alpha value is -3.24. The molecule has 0 saturated carbocycles. The van der Waals surface area contributed by atoms with Gasteiger partial charge in [-0.25, -0.2) is 4.79 Å². The molecule has 4 heteroatoms. The zero-order valence-corrected chi connectivity index (χ0v) is 16.9. The van der Waals surface area contributed by atoms with Crippen LogP contribution in [0.25, 0.3) is 16.7 Å². The molecule has 3 rings (SSSR count). The van der Waals surface area contributed by atoms with E-state index in [1.807, 2.05) is 42.5 Å². The molecular formula is C25H24O4. The number of carbonyl (C=O) groups is 2. The molecule has 1 atom stereocenters. The van der Waals surface area contributed by atoms with Crippen molar-refractivity contribution in [3.8, 4) is 16.9 Å². The van der Waals surface area contributed by atoms with Crippen molar-refractivity contribution in [3.05, 3.63) is 84.0 Å². The van der Waals surface area contributed by atoms with Crippen LogP contribution in [0.1, 0.15) is 36.2 Å². The highest BCUT2D eigenvalue weighted by Crippen LogP contribution is 2.31. The zero-order chi connectivity index (χ0) is 21.0. The van der Waals surface area contributed by atoms with Gasteiger partial charge in [0.2, 0.25) is 0 Å². The van der Waals surface area contributed by atoms with Crippen molar-refractivity contribution in [1.29, 1.82) is 0 Å². The number of allylic oxidation sites excluding steroid dienone is 2. The third-order valence-electron chi connectivity index (χ3n) is 4.82. The predicted octanol–water partition coefficient (Wildman–Crippen LogP) is 5.40. The molecule has 0 bridgehead atoms. The molecule has 0 N–H and O–H groups in total. The SMILES string of the molecule is C=C(C)C(=O)Oc1ccc(-c2ccc(C3=CCC(OC)C=C3)cc2C(C)=O)cc1. The molecule has 148 valence electrons. The first kappa shape index (κ1) is 20.5. The Morgan fingerprint density at radius 1 is 1.03 bits per heavy atom. The second kappa shape index (κ2) is 8.84. The first-order valence-corrected chi connectivity index (χ1v) is 9.43. The van der Waals surface area contributed by atoms with Crippen LogP contribution in [0, 0.1) is 0 Å². The Bertz CT molecular complexity index is 1010. The second-order valence-electron chi connectivity index (χ2n) is 7.04. The van der Waals surface area contributed by atoms with Crippen LogP contribution in [-0.2, 0) is 9.53 Å². The van der Waals surface area contributed by atoms with Gasteiger partial charge in [0.15, 0.2) is 5.78 Å². The first-order chi connectivity index (χ1) is 13.9. The summed E-state index contributed by atoms with van der Waals surface area (Å²) in [5.41, 5.74) is 4.79. The number of Topliss-reactive ketones (excluding diaryl/α,β-unsaturated/α-hetero) is 1. The Morgan fingerprint density at radius 3 is 2.28 bits per heavy atom. The molecule has 4 nitrogen and oxygen atoms in total. The van der Waals surface area contributed by atoms with E-state index in [1.54, 1.807) is 33.1 Å². The standard InChI is InChI=1S/C25H24O4/c1-16(2)25(27)29-22-12-7-19(8-13-22)23-14-9-20(15-24(23)17(3)26)18-5-10-21(28-4)11-6-18/h5-10,12-15,21H,1,11H2,2-4H3. The summed E-state index contributed by atoms with van der Waals surface area (Å²) in [6.07, 6.45) is 7.09. The van der Waals surface area contributed by atoms with E-state index in [-0.39, 0.29) is 11.9 Å². The minimum absolute atomic E-state index is 0.00482. The van der Waals surface area contributed by atoms with Crippen LogP contribution in [0.5, 0.6) is 5.75 Å². The van der Waals surface area contributed by atoms with E-state index >= 15 is 0 Å². The van der Waals surface area contributed by atoms with Crippen molar-refractivity contribution < 1.29 is 19.1 Å². The topological polar surface area (TPSA) is 52.6 Å². The van der Waals surface area contributed by atoms with Crippen molar-refractivity contribution in [2.24, 2.45) is 0 Å². The van der Waals surface area contributed by atoms with E-state index in [2.05, 4.69) is 12.7 Å². The Labute approximate surface area is 171 Å². The van der Waals surface area contributed by atoms with E-state index in [0.717, 1.165) is 28.7 Å². The number of ketones is 1. The van der Waals surface area contributed by atoms with E-state index in [0.29, 0.717) is 16.9 Å². The van der Waals surface area contributed by atoms with Crippen LogP contribution in [0.4, 0.5) is 0 Å². The maximum Gasteiger partial charge on any atom is 0.338 e. The minimum atomic E-state index is -0.462. The number of ether oxygens (including phenoxy) is 2. The Balaban J connectivity index is 1.89. The number of esters is 1. The molecule has 0 aromatic heterocycles. The molecule has 0 fully saturated rings. The fraction of sp³-hybridized carbons (Fsp3) is 0.200. The highest BCUT2D eigenvalue weighted by molar-refractivity contribution is 6.02. The van der Waals surface area contributed by atoms with Crippen molar-refractivity contribution in [3.63, 3.8) is 0 Å². The van der Waals surface area contributed by atoms with Gasteiger partial charge in [0, 0.05) is 18.2 Å². The van der Waals surface area contributed by atoms with Crippen LogP contribution < -0.4 is 4.74 Å². The zero-order valence-electron chi connectivity index (χ0n) is 16.9. The van der Waals surface area contributed by atoms with E-state index in [9.17, 15) is 9.59 Å². The lowest BCUT2D eigenvalue weighted by Gasteiger charge is -2.16. The van der Waals surface area contributed by atoms with Gasteiger partial charge in [-0.2, -0.15) is 0 Å². The van der Waals surface area contributed by atoms with Gasteiger partial charge in [-0.05, 0) is 60.7 Å². The summed E-state index contributed by atoms with van der Waals surface area (Å²) in [4.78, 5) is 24.0. The van der Waals surface area contributed by atoms with Crippen molar-refractivity contribution >= 4 is 17.3 Å². The third kappa shape index (κ3) is 4.79. The van der Waals surface area contributed by atoms with Gasteiger partial charge < -0.3 is 9.47 Å². The number of rotatable bonds is 6. The van der Waals surface area contributed by atoms with Crippen molar-refractivity contribution in [2.75, 3.05) is 7.11 Å². The highest BCUT2D eigenvalue weighted by atomic mass is 16.5. The number of hydrogen-bond acceptors (Lipinski definition) is 4. The van der Waals surface area contributed by atoms with Gasteiger partial charge in [0.05, 0.1) is 6.10 Å². The largest absolute Gasteiger partial charge is 0.423 e. The van der Waals surface area contributed by atoms with Crippen LogP contribution in [-0.4, -0.2) is 25.0 Å². The Kier molecular flexibility index (Phi) is 6.25. The summed E-state index contributed by atoms with van der Waals surface area (Å²) >= 11 is 0. The van der Waals surface area contributed by atoms with Crippen LogP contribution >= 0.6 is 0 Å².